The lowest BCUT2D eigenvalue weighted by Gasteiger charge is -2.38. The molecular formula is C16H23FN2O3. The van der Waals surface area contributed by atoms with Gasteiger partial charge >= 0.3 is 0 Å². The molecule has 0 spiro atoms. The van der Waals surface area contributed by atoms with Gasteiger partial charge in [0.15, 0.2) is 0 Å². The van der Waals surface area contributed by atoms with Gasteiger partial charge in [-0.15, -0.1) is 0 Å². The Labute approximate surface area is 129 Å². The first-order valence-electron chi connectivity index (χ1n) is 7.80. The summed E-state index contributed by atoms with van der Waals surface area (Å²) in [6.07, 6.45) is -1.92. The van der Waals surface area contributed by atoms with Crippen molar-refractivity contribution in [3.63, 3.8) is 0 Å². The quantitative estimate of drug-likeness (QED) is 0.736. The minimum Gasteiger partial charge on any atom is -0.389 e. The second-order valence-corrected chi connectivity index (χ2v) is 6.40. The summed E-state index contributed by atoms with van der Waals surface area (Å²) in [6, 6.07) is 6.79. The molecule has 0 saturated carbocycles. The monoisotopic (exact) mass is 310 g/mol. The van der Waals surface area contributed by atoms with E-state index in [0.717, 1.165) is 26.1 Å². The number of hydrogen-bond acceptors (Lipinski definition) is 5. The number of benzene rings is 1. The Kier molecular flexibility index (Phi) is 4.63. The number of piperidine rings is 1. The van der Waals surface area contributed by atoms with Gasteiger partial charge in [0.05, 0.1) is 17.9 Å². The third-order valence-corrected chi connectivity index (χ3v) is 4.67. The molecule has 0 aromatic heterocycles. The van der Waals surface area contributed by atoms with Gasteiger partial charge in [-0.25, -0.2) is 4.39 Å². The molecule has 122 valence electrons. The number of para-hydroxylation sites is 1. The molecule has 22 heavy (non-hydrogen) atoms. The summed E-state index contributed by atoms with van der Waals surface area (Å²) in [5, 5.41) is 29.1. The van der Waals surface area contributed by atoms with Crippen LogP contribution in [0.15, 0.2) is 24.3 Å². The number of β-amino-alcohol motifs (C(OH)–C–C–N with tert-alkyl or cyclic N) is 2. The summed E-state index contributed by atoms with van der Waals surface area (Å²) in [5.74, 6) is 0.171. The average molecular weight is 310 g/mol. The van der Waals surface area contributed by atoms with E-state index in [1.165, 1.54) is 6.07 Å². The number of halogens is 1. The van der Waals surface area contributed by atoms with Gasteiger partial charge in [0.25, 0.3) is 0 Å². The lowest BCUT2D eigenvalue weighted by molar-refractivity contribution is -0.111. The zero-order chi connectivity index (χ0) is 15.7. The molecule has 2 fully saturated rings. The summed E-state index contributed by atoms with van der Waals surface area (Å²) in [7, 11) is 0. The van der Waals surface area contributed by atoms with Gasteiger partial charge in [0.2, 0.25) is 0 Å². The van der Waals surface area contributed by atoms with E-state index in [9.17, 15) is 19.7 Å². The molecule has 1 aromatic rings. The van der Waals surface area contributed by atoms with Crippen molar-refractivity contribution in [2.24, 2.45) is 5.92 Å². The molecule has 2 heterocycles. The molecular weight excluding hydrogens is 287 g/mol. The summed E-state index contributed by atoms with van der Waals surface area (Å²) in [4.78, 5) is 4.03. The fraction of sp³-hybridized carbons (Fsp3) is 0.625. The molecule has 5 nitrogen and oxygen atoms in total. The first-order chi connectivity index (χ1) is 10.5. The maximum Gasteiger partial charge on any atom is 0.146 e. The Morgan fingerprint density at radius 3 is 2.41 bits per heavy atom. The van der Waals surface area contributed by atoms with E-state index in [0.29, 0.717) is 24.7 Å². The van der Waals surface area contributed by atoms with Gasteiger partial charge in [-0.2, -0.15) is 0 Å². The zero-order valence-corrected chi connectivity index (χ0v) is 12.5. The molecule has 3 rings (SSSR count). The minimum absolute atomic E-state index is 0.199. The number of nitrogens with zero attached hydrogens (tertiary/aromatic N) is 2. The minimum atomic E-state index is -1.06. The highest BCUT2D eigenvalue weighted by molar-refractivity contribution is 5.48. The van der Waals surface area contributed by atoms with Gasteiger partial charge in [0, 0.05) is 32.7 Å². The fourth-order valence-electron chi connectivity index (χ4n) is 3.50. The van der Waals surface area contributed by atoms with Crippen molar-refractivity contribution in [3.8, 4) is 0 Å². The smallest absolute Gasteiger partial charge is 0.146 e. The highest BCUT2D eigenvalue weighted by atomic mass is 19.1. The van der Waals surface area contributed by atoms with Crippen molar-refractivity contribution in [2.45, 2.75) is 24.7 Å². The van der Waals surface area contributed by atoms with Crippen LogP contribution < -0.4 is 4.90 Å². The Morgan fingerprint density at radius 1 is 1.05 bits per heavy atom. The Bertz CT molecular complexity index is 504. The van der Waals surface area contributed by atoms with E-state index in [2.05, 4.69) is 0 Å². The largest absolute Gasteiger partial charge is 0.389 e. The average Bonchev–Trinajstić information content (AvgIpc) is 2.93. The van der Waals surface area contributed by atoms with Gasteiger partial charge in [0.1, 0.15) is 11.9 Å². The van der Waals surface area contributed by atoms with Crippen LogP contribution in [0.25, 0.3) is 0 Å². The Balaban J connectivity index is 1.56. The molecule has 0 bridgehead atoms. The number of hydrogen-bond donors (Lipinski definition) is 3. The number of aliphatic hydroxyl groups is 3. The summed E-state index contributed by atoms with van der Waals surface area (Å²) in [5.41, 5.74) is 0.638. The van der Waals surface area contributed by atoms with Gasteiger partial charge in [-0.3, -0.25) is 4.90 Å². The maximum atomic E-state index is 13.8. The maximum absolute atomic E-state index is 13.8. The van der Waals surface area contributed by atoms with Crippen molar-refractivity contribution >= 4 is 5.69 Å². The SMILES string of the molecule is O[C@H]1[C@H](O)CN(C[C@H]2CCN(c3ccccc3F)C2)C[C@@H]1O. The molecule has 2 aliphatic rings. The third-order valence-electron chi connectivity index (χ3n) is 4.67. The van der Waals surface area contributed by atoms with Crippen LogP contribution in [0.5, 0.6) is 0 Å². The van der Waals surface area contributed by atoms with E-state index in [1.807, 2.05) is 15.9 Å². The van der Waals surface area contributed by atoms with E-state index < -0.39 is 18.3 Å². The van der Waals surface area contributed by atoms with Crippen LogP contribution in [0.2, 0.25) is 0 Å². The molecule has 1 aromatic carbocycles. The van der Waals surface area contributed by atoms with Crippen molar-refractivity contribution in [1.82, 2.24) is 4.90 Å². The predicted octanol–water partition coefficient (Wildman–Crippen LogP) is 0.0503. The van der Waals surface area contributed by atoms with E-state index >= 15 is 0 Å². The van der Waals surface area contributed by atoms with Crippen molar-refractivity contribution in [3.05, 3.63) is 30.1 Å². The van der Waals surface area contributed by atoms with Gasteiger partial charge in [-0.1, -0.05) is 12.1 Å². The highest BCUT2D eigenvalue weighted by Gasteiger charge is 2.35. The first kappa shape index (κ1) is 15.7. The van der Waals surface area contributed by atoms with Crippen LogP contribution in [-0.4, -0.2) is 71.3 Å². The summed E-state index contributed by atoms with van der Waals surface area (Å²) in [6.45, 7) is 3.06. The van der Waals surface area contributed by atoms with Crippen LogP contribution in [-0.2, 0) is 0 Å². The zero-order valence-electron chi connectivity index (χ0n) is 12.5. The van der Waals surface area contributed by atoms with Crippen molar-refractivity contribution in [1.29, 1.82) is 0 Å². The molecule has 0 unspecified atom stereocenters. The van der Waals surface area contributed by atoms with E-state index in [1.54, 1.807) is 12.1 Å². The summed E-state index contributed by atoms with van der Waals surface area (Å²) < 4.78 is 13.8. The van der Waals surface area contributed by atoms with Crippen molar-refractivity contribution in [2.75, 3.05) is 37.6 Å². The molecule has 3 N–H and O–H groups in total. The second kappa shape index (κ2) is 6.50. The number of aliphatic hydroxyl groups excluding tert-OH is 3. The second-order valence-electron chi connectivity index (χ2n) is 6.40. The topological polar surface area (TPSA) is 67.2 Å². The Hall–Kier alpha value is -1.21. The molecule has 2 saturated heterocycles. The van der Waals surface area contributed by atoms with Crippen LogP contribution in [0.1, 0.15) is 6.42 Å². The lowest BCUT2D eigenvalue weighted by atomic mass is 10.00. The van der Waals surface area contributed by atoms with Crippen LogP contribution in [0.4, 0.5) is 10.1 Å². The number of anilines is 1. The van der Waals surface area contributed by atoms with Gasteiger partial charge < -0.3 is 20.2 Å². The first-order valence-corrected chi connectivity index (χ1v) is 7.80. The van der Waals surface area contributed by atoms with Crippen LogP contribution in [0, 0.1) is 11.7 Å². The molecule has 0 amide bonds. The van der Waals surface area contributed by atoms with Crippen molar-refractivity contribution < 1.29 is 19.7 Å². The molecule has 0 radical (unpaired) electrons. The standard InChI is InChI=1S/C16H23FN2O3/c17-12-3-1-2-4-13(12)19-6-5-11(8-19)7-18-9-14(20)16(22)15(21)10-18/h1-4,11,14-16,20-22H,5-10H2/t11-,14-,15+,16+/m1/s1. The fourth-order valence-corrected chi connectivity index (χ4v) is 3.50. The lowest BCUT2D eigenvalue weighted by Crippen LogP contribution is -2.56. The Morgan fingerprint density at radius 2 is 1.73 bits per heavy atom. The summed E-state index contributed by atoms with van der Waals surface area (Å²) >= 11 is 0. The normalized spacial score (nSPS) is 33.4. The predicted molar refractivity (Wildman–Crippen MR) is 81.2 cm³/mol. The van der Waals surface area contributed by atoms with E-state index in [-0.39, 0.29) is 5.82 Å². The van der Waals surface area contributed by atoms with Crippen LogP contribution in [0.3, 0.4) is 0 Å². The van der Waals surface area contributed by atoms with Crippen LogP contribution >= 0.6 is 0 Å². The number of rotatable bonds is 3. The molecule has 4 atom stereocenters. The molecule has 0 aliphatic carbocycles. The highest BCUT2D eigenvalue weighted by Crippen LogP contribution is 2.27. The van der Waals surface area contributed by atoms with E-state index in [4.69, 9.17) is 0 Å². The number of likely N-dealkylation sites (tertiary alicyclic amines) is 1. The third kappa shape index (κ3) is 3.25. The molecule has 2 aliphatic heterocycles. The molecule has 6 heteroatoms. The van der Waals surface area contributed by atoms with Gasteiger partial charge in [-0.05, 0) is 24.5 Å².